The number of carbonyl (C=O) groups is 1. The first-order valence-electron chi connectivity index (χ1n) is 5.25. The molecule has 0 unspecified atom stereocenters. The minimum atomic E-state index is -0.392. The highest BCUT2D eigenvalue weighted by atomic mass is 16.6. The number of aromatic amines is 1. The van der Waals surface area contributed by atoms with E-state index in [4.69, 9.17) is 15.2 Å². The van der Waals surface area contributed by atoms with Crippen LogP contribution in [-0.2, 0) is 9.47 Å². The highest BCUT2D eigenvalue weighted by Crippen LogP contribution is 2.18. The van der Waals surface area contributed by atoms with Crippen LogP contribution in [0.2, 0.25) is 0 Å². The van der Waals surface area contributed by atoms with Crippen molar-refractivity contribution in [2.24, 2.45) is 0 Å². The molecule has 0 aliphatic carbocycles. The topological polar surface area (TPSA) is 77.3 Å². The van der Waals surface area contributed by atoms with Gasteiger partial charge in [-0.3, -0.25) is 0 Å². The summed E-state index contributed by atoms with van der Waals surface area (Å²) in [5.41, 5.74) is 7.60. The molecule has 0 atom stereocenters. The van der Waals surface area contributed by atoms with E-state index in [9.17, 15) is 4.79 Å². The molecule has 1 aromatic carbocycles. The maximum Gasteiger partial charge on any atom is 0.354 e. The fourth-order valence-electron chi connectivity index (χ4n) is 1.56. The van der Waals surface area contributed by atoms with E-state index < -0.39 is 5.97 Å². The van der Waals surface area contributed by atoms with Crippen molar-refractivity contribution in [3.63, 3.8) is 0 Å². The molecule has 0 saturated heterocycles. The van der Waals surface area contributed by atoms with Gasteiger partial charge in [0.25, 0.3) is 0 Å². The number of hydrogen-bond donors (Lipinski definition) is 2. The maximum absolute atomic E-state index is 11.6. The standard InChI is InChI=1S/C12H14N2O3/c1-16-4-5-17-12(15)11-7-8-6-9(13)2-3-10(8)14-11/h2-3,6-7,14H,4-5,13H2,1H3. The Balaban J connectivity index is 2.15. The molecule has 1 heterocycles. The Labute approximate surface area is 98.5 Å². The summed E-state index contributed by atoms with van der Waals surface area (Å²) in [6.07, 6.45) is 0. The second-order valence-corrected chi connectivity index (χ2v) is 3.66. The first kappa shape index (κ1) is 11.5. The number of H-pyrrole nitrogens is 1. The van der Waals surface area contributed by atoms with E-state index in [1.54, 1.807) is 25.3 Å². The fraction of sp³-hybridized carbons (Fsp3) is 0.250. The van der Waals surface area contributed by atoms with Gasteiger partial charge in [0.05, 0.1) is 6.61 Å². The summed E-state index contributed by atoms with van der Waals surface area (Å²) < 4.78 is 9.80. The van der Waals surface area contributed by atoms with Crippen LogP contribution in [-0.4, -0.2) is 31.3 Å². The van der Waals surface area contributed by atoms with Crippen LogP contribution < -0.4 is 5.73 Å². The molecule has 17 heavy (non-hydrogen) atoms. The number of hydrogen-bond acceptors (Lipinski definition) is 4. The smallest absolute Gasteiger partial charge is 0.354 e. The third-order valence-corrected chi connectivity index (χ3v) is 2.39. The Morgan fingerprint density at radius 2 is 2.18 bits per heavy atom. The van der Waals surface area contributed by atoms with Gasteiger partial charge in [-0.05, 0) is 24.3 Å². The highest BCUT2D eigenvalue weighted by Gasteiger charge is 2.10. The normalized spacial score (nSPS) is 10.6. The molecule has 0 fully saturated rings. The predicted octanol–water partition coefficient (Wildman–Crippen LogP) is 1.55. The number of nitrogen functional groups attached to an aromatic ring is 1. The first-order chi connectivity index (χ1) is 8.20. The zero-order chi connectivity index (χ0) is 12.3. The largest absolute Gasteiger partial charge is 0.459 e. The van der Waals surface area contributed by atoms with Crippen LogP contribution in [0.15, 0.2) is 24.3 Å². The van der Waals surface area contributed by atoms with E-state index in [2.05, 4.69) is 4.98 Å². The van der Waals surface area contributed by atoms with E-state index in [1.807, 2.05) is 6.07 Å². The van der Waals surface area contributed by atoms with Gasteiger partial charge in [0.1, 0.15) is 12.3 Å². The lowest BCUT2D eigenvalue weighted by Gasteiger charge is -2.01. The minimum absolute atomic E-state index is 0.243. The molecule has 5 nitrogen and oxygen atoms in total. The summed E-state index contributed by atoms with van der Waals surface area (Å²) in [5, 5.41) is 0.892. The van der Waals surface area contributed by atoms with Crippen LogP contribution in [0.25, 0.3) is 10.9 Å². The quantitative estimate of drug-likeness (QED) is 0.478. The van der Waals surface area contributed by atoms with Gasteiger partial charge in [-0.1, -0.05) is 0 Å². The van der Waals surface area contributed by atoms with Gasteiger partial charge in [-0.15, -0.1) is 0 Å². The van der Waals surface area contributed by atoms with Crippen molar-refractivity contribution < 1.29 is 14.3 Å². The lowest BCUT2D eigenvalue weighted by atomic mass is 10.2. The average molecular weight is 234 g/mol. The zero-order valence-corrected chi connectivity index (χ0v) is 9.53. The number of nitrogens with one attached hydrogen (secondary N) is 1. The summed E-state index contributed by atoms with van der Waals surface area (Å²) in [6, 6.07) is 7.13. The van der Waals surface area contributed by atoms with Crippen LogP contribution in [0.4, 0.5) is 5.69 Å². The van der Waals surface area contributed by atoms with Crippen molar-refractivity contribution in [3.05, 3.63) is 30.0 Å². The van der Waals surface area contributed by atoms with Gasteiger partial charge in [-0.2, -0.15) is 0 Å². The molecule has 3 N–H and O–H groups in total. The molecule has 0 amide bonds. The molecule has 5 heteroatoms. The van der Waals surface area contributed by atoms with E-state index in [0.717, 1.165) is 10.9 Å². The molecular formula is C12H14N2O3. The number of esters is 1. The fourth-order valence-corrected chi connectivity index (χ4v) is 1.56. The van der Waals surface area contributed by atoms with Crippen molar-refractivity contribution in [3.8, 4) is 0 Å². The summed E-state index contributed by atoms with van der Waals surface area (Å²) >= 11 is 0. The average Bonchev–Trinajstić information content (AvgIpc) is 2.72. The van der Waals surface area contributed by atoms with Crippen LogP contribution in [0.3, 0.4) is 0 Å². The van der Waals surface area contributed by atoms with Gasteiger partial charge >= 0.3 is 5.97 Å². The molecule has 0 radical (unpaired) electrons. The molecule has 0 saturated carbocycles. The van der Waals surface area contributed by atoms with Gasteiger partial charge in [0.2, 0.25) is 0 Å². The first-order valence-corrected chi connectivity index (χ1v) is 5.25. The maximum atomic E-state index is 11.6. The van der Waals surface area contributed by atoms with Crippen LogP contribution in [0.5, 0.6) is 0 Å². The van der Waals surface area contributed by atoms with Crippen molar-refractivity contribution >= 4 is 22.6 Å². The number of ether oxygens (including phenoxy) is 2. The van der Waals surface area contributed by atoms with Crippen molar-refractivity contribution in [1.82, 2.24) is 4.98 Å². The predicted molar refractivity (Wildman–Crippen MR) is 64.9 cm³/mol. The van der Waals surface area contributed by atoms with Crippen LogP contribution in [0, 0.1) is 0 Å². The molecule has 0 spiro atoms. The van der Waals surface area contributed by atoms with E-state index in [-0.39, 0.29) is 6.61 Å². The molecule has 1 aromatic heterocycles. The summed E-state index contributed by atoms with van der Waals surface area (Å²) in [6.45, 7) is 0.631. The molecule has 0 aliphatic heterocycles. The van der Waals surface area contributed by atoms with E-state index in [0.29, 0.717) is 18.0 Å². The van der Waals surface area contributed by atoms with Gasteiger partial charge in [0, 0.05) is 23.7 Å². The van der Waals surface area contributed by atoms with Gasteiger partial charge in [-0.25, -0.2) is 4.79 Å². The molecule has 2 aromatic rings. The minimum Gasteiger partial charge on any atom is -0.459 e. The monoisotopic (exact) mass is 234 g/mol. The number of nitrogens with two attached hydrogens (primary N) is 1. The van der Waals surface area contributed by atoms with Crippen molar-refractivity contribution in [2.75, 3.05) is 26.1 Å². The van der Waals surface area contributed by atoms with Gasteiger partial charge < -0.3 is 20.2 Å². The Morgan fingerprint density at radius 3 is 2.94 bits per heavy atom. The molecule has 0 bridgehead atoms. The van der Waals surface area contributed by atoms with Gasteiger partial charge in [0.15, 0.2) is 0 Å². The summed E-state index contributed by atoms with van der Waals surface area (Å²) in [4.78, 5) is 14.6. The molecule has 0 aliphatic rings. The second kappa shape index (κ2) is 4.88. The Morgan fingerprint density at radius 1 is 1.35 bits per heavy atom. The lowest BCUT2D eigenvalue weighted by Crippen LogP contribution is -2.10. The molecule has 2 rings (SSSR count). The van der Waals surface area contributed by atoms with Crippen molar-refractivity contribution in [2.45, 2.75) is 0 Å². The SMILES string of the molecule is COCCOC(=O)c1cc2cc(N)ccc2[nH]1. The van der Waals surface area contributed by atoms with E-state index in [1.165, 1.54) is 0 Å². The Hall–Kier alpha value is -2.01. The second-order valence-electron chi connectivity index (χ2n) is 3.66. The highest BCUT2D eigenvalue weighted by molar-refractivity contribution is 5.95. The third-order valence-electron chi connectivity index (χ3n) is 2.39. The number of carbonyl (C=O) groups excluding carboxylic acids is 1. The van der Waals surface area contributed by atoms with E-state index >= 15 is 0 Å². The Bertz CT molecular complexity index is 534. The number of aromatic nitrogens is 1. The molecule has 90 valence electrons. The number of fused-ring (bicyclic) bond motifs is 1. The van der Waals surface area contributed by atoms with Crippen molar-refractivity contribution in [1.29, 1.82) is 0 Å². The van der Waals surface area contributed by atoms with Crippen LogP contribution in [0.1, 0.15) is 10.5 Å². The number of anilines is 1. The number of benzene rings is 1. The Kier molecular flexibility index (Phi) is 3.30. The van der Waals surface area contributed by atoms with Crippen LogP contribution >= 0.6 is 0 Å². The summed E-state index contributed by atoms with van der Waals surface area (Å²) in [5.74, 6) is -0.392. The molecular weight excluding hydrogens is 220 g/mol. The number of rotatable bonds is 4. The third kappa shape index (κ3) is 2.57. The lowest BCUT2D eigenvalue weighted by molar-refractivity contribution is 0.0383. The number of methoxy groups -OCH3 is 1. The zero-order valence-electron chi connectivity index (χ0n) is 9.53. The summed E-state index contributed by atoms with van der Waals surface area (Å²) in [7, 11) is 1.56.